The summed E-state index contributed by atoms with van der Waals surface area (Å²) in [4.78, 5) is 37.7. The summed E-state index contributed by atoms with van der Waals surface area (Å²) >= 11 is 0. The van der Waals surface area contributed by atoms with Crippen LogP contribution in [-0.2, 0) is 19.1 Å². The maximum atomic E-state index is 12.2. The Morgan fingerprint density at radius 3 is 2.32 bits per heavy atom. The lowest BCUT2D eigenvalue weighted by molar-refractivity contribution is -0.141. The molecule has 0 saturated carbocycles. The summed E-state index contributed by atoms with van der Waals surface area (Å²) in [6.07, 6.45) is 1.22. The van der Waals surface area contributed by atoms with Gasteiger partial charge in [0, 0.05) is 39.3 Å². The third-order valence-electron chi connectivity index (χ3n) is 3.16. The molecule has 1 aliphatic rings. The predicted octanol–water partition coefficient (Wildman–Crippen LogP) is -0.763. The molecule has 22 heavy (non-hydrogen) atoms. The monoisotopic (exact) mass is 308 g/mol. The molecule has 1 fully saturated rings. The third-order valence-corrected chi connectivity index (χ3v) is 3.16. The number of amides is 2. The fraction of sp³-hybridized carbons (Fsp3) is 0.571. The van der Waals surface area contributed by atoms with Crippen LogP contribution in [0.3, 0.4) is 0 Å². The number of hydrogen-bond donors (Lipinski definition) is 1. The molecule has 0 aromatic heterocycles. The third kappa shape index (κ3) is 5.09. The van der Waals surface area contributed by atoms with E-state index in [1.807, 2.05) is 6.07 Å². The second-order valence-corrected chi connectivity index (χ2v) is 4.65. The Labute approximate surface area is 129 Å². The van der Waals surface area contributed by atoms with Gasteiger partial charge in [-0.1, -0.05) is 0 Å². The Balaban J connectivity index is 2.53. The van der Waals surface area contributed by atoms with Gasteiger partial charge in [0.15, 0.2) is 0 Å². The van der Waals surface area contributed by atoms with Crippen LogP contribution in [0.2, 0.25) is 0 Å². The SMILES string of the molecule is CCOC(=O)CN/C=C(/C#N)C(=O)N1CCN(C(C)=O)CC1. The van der Waals surface area contributed by atoms with Crippen LogP contribution in [0.1, 0.15) is 13.8 Å². The second-order valence-electron chi connectivity index (χ2n) is 4.65. The maximum Gasteiger partial charge on any atom is 0.325 e. The molecule has 8 heteroatoms. The number of piperazine rings is 1. The molecule has 0 aromatic carbocycles. The highest BCUT2D eigenvalue weighted by Gasteiger charge is 2.24. The molecule has 1 N–H and O–H groups in total. The minimum Gasteiger partial charge on any atom is -0.465 e. The first-order chi connectivity index (χ1) is 10.5. The molecule has 1 heterocycles. The van der Waals surface area contributed by atoms with E-state index in [4.69, 9.17) is 10.00 Å². The van der Waals surface area contributed by atoms with E-state index < -0.39 is 11.9 Å². The summed E-state index contributed by atoms with van der Waals surface area (Å²) in [6.45, 7) is 5.02. The van der Waals surface area contributed by atoms with Crippen molar-refractivity contribution in [2.45, 2.75) is 13.8 Å². The smallest absolute Gasteiger partial charge is 0.325 e. The lowest BCUT2D eigenvalue weighted by Crippen LogP contribution is -2.50. The number of nitriles is 1. The van der Waals surface area contributed by atoms with Gasteiger partial charge in [0.2, 0.25) is 5.91 Å². The minimum absolute atomic E-state index is 0.0285. The summed E-state index contributed by atoms with van der Waals surface area (Å²) in [5.74, 6) is -0.903. The number of carbonyl (C=O) groups excluding carboxylic acids is 3. The molecule has 0 aromatic rings. The molecule has 8 nitrogen and oxygen atoms in total. The standard InChI is InChI=1S/C14H20N4O4/c1-3-22-13(20)10-16-9-12(8-15)14(21)18-6-4-17(5-7-18)11(2)19/h9,16H,3-7,10H2,1-2H3/b12-9-. The van der Waals surface area contributed by atoms with E-state index in [2.05, 4.69) is 5.32 Å². The summed E-state index contributed by atoms with van der Waals surface area (Å²) in [5.41, 5.74) is -0.0828. The van der Waals surface area contributed by atoms with Gasteiger partial charge in [-0.05, 0) is 6.92 Å². The van der Waals surface area contributed by atoms with E-state index in [9.17, 15) is 14.4 Å². The Hall–Kier alpha value is -2.56. The van der Waals surface area contributed by atoms with Crippen molar-refractivity contribution >= 4 is 17.8 Å². The van der Waals surface area contributed by atoms with Crippen LogP contribution in [0.25, 0.3) is 0 Å². The highest BCUT2D eigenvalue weighted by Crippen LogP contribution is 2.06. The van der Waals surface area contributed by atoms with E-state index >= 15 is 0 Å². The first-order valence-electron chi connectivity index (χ1n) is 7.03. The lowest BCUT2D eigenvalue weighted by Gasteiger charge is -2.34. The molecule has 0 radical (unpaired) electrons. The van der Waals surface area contributed by atoms with Crippen molar-refractivity contribution in [1.29, 1.82) is 5.26 Å². The number of nitrogens with zero attached hydrogens (tertiary/aromatic N) is 3. The molecule has 2 amide bonds. The molecule has 1 aliphatic heterocycles. The van der Waals surface area contributed by atoms with Gasteiger partial charge < -0.3 is 19.9 Å². The summed E-state index contributed by atoms with van der Waals surface area (Å²) < 4.78 is 4.72. The van der Waals surface area contributed by atoms with Gasteiger partial charge in [-0.25, -0.2) is 0 Å². The van der Waals surface area contributed by atoms with E-state index in [-0.39, 0.29) is 24.6 Å². The molecule has 120 valence electrons. The Kier molecular flexibility index (Phi) is 6.89. The normalized spacial score (nSPS) is 15.0. The number of hydrogen-bond acceptors (Lipinski definition) is 6. The topological polar surface area (TPSA) is 103 Å². The summed E-state index contributed by atoms with van der Waals surface area (Å²) in [7, 11) is 0. The summed E-state index contributed by atoms with van der Waals surface area (Å²) in [6, 6.07) is 1.81. The van der Waals surface area contributed by atoms with Crippen LogP contribution >= 0.6 is 0 Å². The van der Waals surface area contributed by atoms with Gasteiger partial charge in [-0.15, -0.1) is 0 Å². The van der Waals surface area contributed by atoms with Crippen molar-refractivity contribution in [2.75, 3.05) is 39.3 Å². The molecular formula is C14H20N4O4. The van der Waals surface area contributed by atoms with E-state index in [1.54, 1.807) is 11.8 Å². The maximum absolute atomic E-state index is 12.2. The predicted molar refractivity (Wildman–Crippen MR) is 77.2 cm³/mol. The van der Waals surface area contributed by atoms with Gasteiger partial charge in [-0.2, -0.15) is 5.26 Å². The lowest BCUT2D eigenvalue weighted by atomic mass is 10.2. The van der Waals surface area contributed by atoms with Crippen molar-refractivity contribution in [3.63, 3.8) is 0 Å². The van der Waals surface area contributed by atoms with E-state index in [1.165, 1.54) is 18.0 Å². The van der Waals surface area contributed by atoms with Crippen molar-refractivity contribution in [3.8, 4) is 6.07 Å². The Bertz CT molecular complexity index is 501. The van der Waals surface area contributed by atoms with Gasteiger partial charge in [0.25, 0.3) is 5.91 Å². The van der Waals surface area contributed by atoms with E-state index in [0.29, 0.717) is 26.2 Å². The van der Waals surface area contributed by atoms with Gasteiger partial charge in [0.1, 0.15) is 18.2 Å². The van der Waals surface area contributed by atoms with Gasteiger partial charge in [0.05, 0.1) is 6.61 Å². The first-order valence-corrected chi connectivity index (χ1v) is 7.03. The highest BCUT2D eigenvalue weighted by molar-refractivity contribution is 5.97. The molecule has 0 unspecified atom stereocenters. The molecule has 1 saturated heterocycles. The van der Waals surface area contributed by atoms with Crippen LogP contribution in [0, 0.1) is 11.3 Å². The molecule has 1 rings (SSSR count). The van der Waals surface area contributed by atoms with Crippen LogP contribution in [0.5, 0.6) is 0 Å². The molecule has 0 spiro atoms. The first kappa shape index (κ1) is 17.5. The number of carbonyl (C=O) groups is 3. The van der Waals surface area contributed by atoms with Crippen LogP contribution in [0.4, 0.5) is 0 Å². The Morgan fingerprint density at radius 2 is 1.82 bits per heavy atom. The largest absolute Gasteiger partial charge is 0.465 e. The van der Waals surface area contributed by atoms with Crippen molar-refractivity contribution in [2.24, 2.45) is 0 Å². The number of rotatable bonds is 5. The zero-order valence-electron chi connectivity index (χ0n) is 12.8. The number of nitrogens with one attached hydrogen (secondary N) is 1. The summed E-state index contributed by atoms with van der Waals surface area (Å²) in [5, 5.41) is 11.6. The van der Waals surface area contributed by atoms with Crippen molar-refractivity contribution < 1.29 is 19.1 Å². The average Bonchev–Trinajstić information content (AvgIpc) is 2.51. The molecule has 0 aliphatic carbocycles. The van der Waals surface area contributed by atoms with Crippen LogP contribution in [-0.4, -0.2) is 66.9 Å². The fourth-order valence-corrected chi connectivity index (χ4v) is 1.99. The Morgan fingerprint density at radius 1 is 1.23 bits per heavy atom. The highest BCUT2D eigenvalue weighted by atomic mass is 16.5. The zero-order valence-corrected chi connectivity index (χ0v) is 12.8. The molecule has 0 atom stereocenters. The van der Waals surface area contributed by atoms with Crippen molar-refractivity contribution in [3.05, 3.63) is 11.8 Å². The zero-order chi connectivity index (χ0) is 16.5. The molecule has 0 bridgehead atoms. The van der Waals surface area contributed by atoms with Gasteiger partial charge in [-0.3, -0.25) is 14.4 Å². The number of ether oxygens (including phenoxy) is 1. The van der Waals surface area contributed by atoms with Crippen LogP contribution < -0.4 is 5.32 Å². The second kappa shape index (κ2) is 8.67. The van der Waals surface area contributed by atoms with Crippen molar-refractivity contribution in [1.82, 2.24) is 15.1 Å². The quantitative estimate of drug-likeness (QED) is 0.407. The van der Waals surface area contributed by atoms with Gasteiger partial charge >= 0.3 is 5.97 Å². The van der Waals surface area contributed by atoms with Crippen LogP contribution in [0.15, 0.2) is 11.8 Å². The molecular weight excluding hydrogens is 288 g/mol. The van der Waals surface area contributed by atoms with E-state index in [0.717, 1.165) is 0 Å². The fourth-order valence-electron chi connectivity index (χ4n) is 1.99. The minimum atomic E-state index is -0.460. The number of esters is 1. The average molecular weight is 308 g/mol.